The molecule has 0 radical (unpaired) electrons. The number of hydrogen-bond donors (Lipinski definition) is 1. The molecule has 0 bridgehead atoms. The highest BCUT2D eigenvalue weighted by Gasteiger charge is 2.14. The predicted octanol–water partition coefficient (Wildman–Crippen LogP) is 1.87. The molecule has 84 valence electrons. The Morgan fingerprint density at radius 3 is 3.19 bits per heavy atom. The molecule has 0 fully saturated rings. The predicted molar refractivity (Wildman–Crippen MR) is 65.4 cm³/mol. The number of pyridine rings is 1. The van der Waals surface area contributed by atoms with Gasteiger partial charge in [-0.2, -0.15) is 0 Å². The van der Waals surface area contributed by atoms with Crippen molar-refractivity contribution < 1.29 is 0 Å². The Morgan fingerprint density at radius 2 is 2.31 bits per heavy atom. The van der Waals surface area contributed by atoms with Crippen molar-refractivity contribution in [2.45, 2.75) is 32.2 Å². The van der Waals surface area contributed by atoms with Gasteiger partial charge in [0.2, 0.25) is 0 Å². The number of rotatable bonds is 2. The first-order valence-electron chi connectivity index (χ1n) is 6.06. The number of fused-ring (bicyclic) bond motifs is 3. The Hall–Kier alpha value is -1.35. The van der Waals surface area contributed by atoms with Gasteiger partial charge in [-0.1, -0.05) is 0 Å². The summed E-state index contributed by atoms with van der Waals surface area (Å²) in [6.07, 6.45) is 6.61. The normalized spacial score (nSPS) is 15.3. The number of nitrogens with two attached hydrogens (primary N) is 1. The van der Waals surface area contributed by atoms with Crippen LogP contribution in [-0.2, 0) is 19.4 Å². The molecule has 0 saturated heterocycles. The molecule has 3 heteroatoms. The van der Waals surface area contributed by atoms with Gasteiger partial charge in [-0.05, 0) is 37.9 Å². The fourth-order valence-electron chi connectivity index (χ4n) is 2.68. The highest BCUT2D eigenvalue weighted by Crippen LogP contribution is 2.26. The molecule has 0 spiro atoms. The van der Waals surface area contributed by atoms with Crippen molar-refractivity contribution >= 4 is 10.9 Å². The minimum Gasteiger partial charge on any atom is -0.345 e. The molecular weight excluding hydrogens is 198 g/mol. The van der Waals surface area contributed by atoms with Crippen LogP contribution in [0.15, 0.2) is 18.3 Å². The molecule has 0 saturated carbocycles. The van der Waals surface area contributed by atoms with Crippen LogP contribution >= 0.6 is 0 Å². The second kappa shape index (κ2) is 3.91. The van der Waals surface area contributed by atoms with E-state index in [1.54, 1.807) is 0 Å². The van der Waals surface area contributed by atoms with Gasteiger partial charge in [0.15, 0.2) is 0 Å². The van der Waals surface area contributed by atoms with E-state index in [9.17, 15) is 0 Å². The van der Waals surface area contributed by atoms with Crippen LogP contribution in [0.3, 0.4) is 0 Å². The lowest BCUT2D eigenvalue weighted by molar-refractivity contribution is 0.545. The molecule has 2 N–H and O–H groups in total. The van der Waals surface area contributed by atoms with Gasteiger partial charge in [0.25, 0.3) is 0 Å². The van der Waals surface area contributed by atoms with E-state index in [4.69, 9.17) is 5.73 Å². The largest absolute Gasteiger partial charge is 0.345 e. The molecule has 3 rings (SSSR count). The van der Waals surface area contributed by atoms with Crippen molar-refractivity contribution in [3.8, 4) is 0 Å². The molecule has 16 heavy (non-hydrogen) atoms. The molecule has 2 aromatic rings. The van der Waals surface area contributed by atoms with Crippen molar-refractivity contribution in [2.75, 3.05) is 6.54 Å². The number of hydrogen-bond acceptors (Lipinski definition) is 2. The maximum absolute atomic E-state index is 5.63. The highest BCUT2D eigenvalue weighted by atomic mass is 15.0. The van der Waals surface area contributed by atoms with Gasteiger partial charge >= 0.3 is 0 Å². The number of aryl methyl sites for hydroxylation is 2. The molecule has 0 unspecified atom stereocenters. The fourth-order valence-corrected chi connectivity index (χ4v) is 2.68. The summed E-state index contributed by atoms with van der Waals surface area (Å²) in [7, 11) is 0. The van der Waals surface area contributed by atoms with E-state index in [2.05, 4.69) is 21.7 Å². The summed E-state index contributed by atoms with van der Waals surface area (Å²) in [5.74, 6) is 0. The third-order valence-corrected chi connectivity index (χ3v) is 3.44. The Bertz CT molecular complexity index is 513. The topological polar surface area (TPSA) is 43.8 Å². The van der Waals surface area contributed by atoms with E-state index in [1.807, 2.05) is 6.20 Å². The lowest BCUT2D eigenvalue weighted by Gasteiger charge is -2.15. The molecule has 1 aliphatic heterocycles. The zero-order chi connectivity index (χ0) is 11.0. The van der Waals surface area contributed by atoms with Gasteiger partial charge in [0.1, 0.15) is 0 Å². The minimum absolute atomic E-state index is 0.673. The summed E-state index contributed by atoms with van der Waals surface area (Å²) in [4.78, 5) is 4.45. The van der Waals surface area contributed by atoms with E-state index >= 15 is 0 Å². The van der Waals surface area contributed by atoms with Crippen molar-refractivity contribution in [1.82, 2.24) is 9.55 Å². The molecule has 0 atom stereocenters. The van der Waals surface area contributed by atoms with Crippen LogP contribution in [0, 0.1) is 0 Å². The second-order valence-electron chi connectivity index (χ2n) is 4.47. The smallest absolute Gasteiger partial charge is 0.0516 e. The van der Waals surface area contributed by atoms with Crippen LogP contribution in [0.5, 0.6) is 0 Å². The molecule has 0 aliphatic carbocycles. The Balaban J connectivity index is 2.21. The number of nitrogens with zero attached hydrogens (tertiary/aromatic N) is 2. The van der Waals surface area contributed by atoms with E-state index in [1.165, 1.54) is 35.9 Å². The standard InChI is InChI=1S/C13H17N3/c14-6-4-12-11-9-10-3-1-2-8-16(10)13(11)5-7-15-12/h5,7,9H,1-4,6,8,14H2. The first-order chi connectivity index (χ1) is 7.90. The van der Waals surface area contributed by atoms with Crippen LogP contribution in [0.1, 0.15) is 24.2 Å². The second-order valence-corrected chi connectivity index (χ2v) is 4.47. The summed E-state index contributed by atoms with van der Waals surface area (Å²) in [6, 6.07) is 4.44. The lowest BCUT2D eigenvalue weighted by atomic mass is 10.1. The quantitative estimate of drug-likeness (QED) is 0.831. The molecule has 3 nitrogen and oxygen atoms in total. The van der Waals surface area contributed by atoms with Crippen LogP contribution in [0.4, 0.5) is 0 Å². The van der Waals surface area contributed by atoms with Crippen LogP contribution < -0.4 is 5.73 Å². The Labute approximate surface area is 95.3 Å². The third-order valence-electron chi connectivity index (χ3n) is 3.44. The summed E-state index contributed by atoms with van der Waals surface area (Å²) in [5, 5.41) is 1.31. The first kappa shape index (κ1) is 9.85. The van der Waals surface area contributed by atoms with Crippen molar-refractivity contribution in [2.24, 2.45) is 5.73 Å². The summed E-state index contributed by atoms with van der Waals surface area (Å²) >= 11 is 0. The zero-order valence-electron chi connectivity index (χ0n) is 9.45. The Morgan fingerprint density at radius 1 is 1.38 bits per heavy atom. The molecule has 3 heterocycles. The maximum atomic E-state index is 5.63. The van der Waals surface area contributed by atoms with Crippen LogP contribution in [-0.4, -0.2) is 16.1 Å². The van der Waals surface area contributed by atoms with Crippen LogP contribution in [0.2, 0.25) is 0 Å². The summed E-state index contributed by atoms with van der Waals surface area (Å²) in [6.45, 7) is 1.83. The highest BCUT2D eigenvalue weighted by molar-refractivity contribution is 5.83. The molecule has 1 aliphatic rings. The first-order valence-corrected chi connectivity index (χ1v) is 6.06. The third kappa shape index (κ3) is 1.43. The van der Waals surface area contributed by atoms with Crippen LogP contribution in [0.25, 0.3) is 10.9 Å². The van der Waals surface area contributed by atoms with E-state index in [-0.39, 0.29) is 0 Å². The number of aromatic nitrogens is 2. The lowest BCUT2D eigenvalue weighted by Crippen LogP contribution is -2.09. The van der Waals surface area contributed by atoms with Gasteiger partial charge in [0.05, 0.1) is 11.2 Å². The SMILES string of the molecule is NCCc1nccc2c1cc1n2CCCC1. The fraction of sp³-hybridized carbons (Fsp3) is 0.462. The average molecular weight is 215 g/mol. The maximum Gasteiger partial charge on any atom is 0.0516 e. The summed E-state index contributed by atoms with van der Waals surface area (Å²) in [5.41, 5.74) is 9.59. The molecular formula is C13H17N3. The van der Waals surface area contributed by atoms with Crippen molar-refractivity contribution in [3.05, 3.63) is 29.7 Å². The van der Waals surface area contributed by atoms with Gasteiger partial charge in [0, 0.05) is 30.2 Å². The molecule has 0 aromatic carbocycles. The van der Waals surface area contributed by atoms with E-state index in [0.717, 1.165) is 18.7 Å². The Kier molecular flexibility index (Phi) is 2.40. The van der Waals surface area contributed by atoms with Gasteiger partial charge in [-0.3, -0.25) is 4.98 Å². The molecule has 2 aromatic heterocycles. The van der Waals surface area contributed by atoms with Gasteiger partial charge in [-0.15, -0.1) is 0 Å². The van der Waals surface area contributed by atoms with Crippen molar-refractivity contribution in [1.29, 1.82) is 0 Å². The van der Waals surface area contributed by atoms with Gasteiger partial charge < -0.3 is 10.3 Å². The summed E-state index contributed by atoms with van der Waals surface area (Å²) < 4.78 is 2.44. The average Bonchev–Trinajstić information content (AvgIpc) is 2.69. The van der Waals surface area contributed by atoms with Gasteiger partial charge in [-0.25, -0.2) is 0 Å². The van der Waals surface area contributed by atoms with Crippen molar-refractivity contribution in [3.63, 3.8) is 0 Å². The van der Waals surface area contributed by atoms with E-state index in [0.29, 0.717) is 6.54 Å². The monoisotopic (exact) mass is 215 g/mol. The molecule has 0 amide bonds. The zero-order valence-corrected chi connectivity index (χ0v) is 9.45. The minimum atomic E-state index is 0.673. The van der Waals surface area contributed by atoms with E-state index < -0.39 is 0 Å².